The summed E-state index contributed by atoms with van der Waals surface area (Å²) in [5.41, 5.74) is 3.83. The second kappa shape index (κ2) is 12.9. The minimum atomic E-state index is -0.116. The van der Waals surface area contributed by atoms with Crippen molar-refractivity contribution in [2.24, 2.45) is 0 Å². The van der Waals surface area contributed by atoms with Gasteiger partial charge < -0.3 is 29.6 Å². The molecule has 0 saturated carbocycles. The largest absolute Gasteiger partial charge is 0.486 e. The number of benzene rings is 2. The Kier molecular flexibility index (Phi) is 9.41. The van der Waals surface area contributed by atoms with Crippen LogP contribution in [0.5, 0.6) is 11.5 Å². The van der Waals surface area contributed by atoms with E-state index in [9.17, 15) is 4.79 Å². The first-order valence-electron chi connectivity index (χ1n) is 13.2. The average molecular weight is 523 g/mol. The molecule has 0 saturated heterocycles. The highest BCUT2D eigenvalue weighted by Gasteiger charge is 2.17. The van der Waals surface area contributed by atoms with Gasteiger partial charge >= 0.3 is 0 Å². The van der Waals surface area contributed by atoms with Crippen LogP contribution in [0.1, 0.15) is 37.0 Å². The molecule has 0 radical (unpaired) electrons. The Balaban J connectivity index is 1.51. The number of fused-ring (bicyclic) bond motifs is 2. The number of hydrogen-bond donors (Lipinski definition) is 2. The normalized spacial score (nSPS) is 12.6. The van der Waals surface area contributed by atoms with Gasteiger partial charge in [-0.3, -0.25) is 4.79 Å². The van der Waals surface area contributed by atoms with Crippen molar-refractivity contribution in [2.75, 3.05) is 45.9 Å². The molecule has 0 fully saturated rings. The van der Waals surface area contributed by atoms with Gasteiger partial charge in [-0.25, -0.2) is 0 Å². The monoisotopic (exact) mass is 522 g/mol. The van der Waals surface area contributed by atoms with Crippen LogP contribution in [0.3, 0.4) is 0 Å². The number of ether oxygens (including phenoxy) is 2. The van der Waals surface area contributed by atoms with Crippen LogP contribution in [0.25, 0.3) is 10.9 Å². The summed E-state index contributed by atoms with van der Waals surface area (Å²) in [5, 5.41) is 5.03. The van der Waals surface area contributed by atoms with Crippen LogP contribution in [-0.2, 0) is 13.0 Å². The second-order valence-corrected chi connectivity index (χ2v) is 9.80. The lowest BCUT2D eigenvalue weighted by molar-refractivity contribution is 0.172. The minimum absolute atomic E-state index is 0.116. The molecule has 37 heavy (non-hydrogen) atoms. The maximum Gasteiger partial charge on any atom is 0.253 e. The first-order chi connectivity index (χ1) is 18.0. The molecule has 7 nitrogen and oxygen atoms in total. The van der Waals surface area contributed by atoms with Crippen LogP contribution in [0.4, 0.5) is 0 Å². The van der Waals surface area contributed by atoms with Gasteiger partial charge in [0.25, 0.3) is 5.56 Å². The van der Waals surface area contributed by atoms with Crippen molar-refractivity contribution in [3.05, 3.63) is 69.5 Å². The number of aromatic nitrogens is 1. The first-order valence-corrected chi connectivity index (χ1v) is 13.6. The third kappa shape index (κ3) is 7.02. The minimum Gasteiger partial charge on any atom is -0.486 e. The highest BCUT2D eigenvalue weighted by molar-refractivity contribution is 7.80. The second-order valence-electron chi connectivity index (χ2n) is 9.42. The van der Waals surface area contributed by atoms with Gasteiger partial charge in [0, 0.05) is 30.1 Å². The van der Waals surface area contributed by atoms with E-state index in [0.717, 1.165) is 49.9 Å². The number of hydrogen-bond acceptors (Lipinski definition) is 5. The Morgan fingerprint density at radius 1 is 1.03 bits per heavy atom. The highest BCUT2D eigenvalue weighted by atomic mass is 32.1. The van der Waals surface area contributed by atoms with E-state index in [0.29, 0.717) is 48.5 Å². The van der Waals surface area contributed by atoms with Gasteiger partial charge in [-0.1, -0.05) is 38.1 Å². The predicted octanol–water partition coefficient (Wildman–Crippen LogP) is 4.26. The molecule has 0 atom stereocenters. The summed E-state index contributed by atoms with van der Waals surface area (Å²) in [7, 11) is 0. The Hall–Kier alpha value is -3.10. The van der Waals surface area contributed by atoms with E-state index in [2.05, 4.69) is 65.1 Å². The molecular weight excluding hydrogens is 484 g/mol. The van der Waals surface area contributed by atoms with E-state index in [1.54, 1.807) is 0 Å². The van der Waals surface area contributed by atoms with Crippen molar-refractivity contribution >= 4 is 28.2 Å². The molecule has 0 bridgehead atoms. The molecular formula is C29H38N4O3S. The van der Waals surface area contributed by atoms with Crippen LogP contribution >= 0.6 is 12.2 Å². The van der Waals surface area contributed by atoms with E-state index < -0.39 is 0 Å². The third-order valence-corrected chi connectivity index (χ3v) is 7.37. The van der Waals surface area contributed by atoms with Crippen molar-refractivity contribution in [2.45, 2.75) is 40.2 Å². The van der Waals surface area contributed by atoms with Crippen LogP contribution < -0.4 is 20.3 Å². The molecule has 0 aliphatic carbocycles. The zero-order chi connectivity index (χ0) is 26.2. The van der Waals surface area contributed by atoms with Crippen molar-refractivity contribution in [1.29, 1.82) is 0 Å². The van der Waals surface area contributed by atoms with E-state index in [-0.39, 0.29) is 5.56 Å². The summed E-state index contributed by atoms with van der Waals surface area (Å²) in [6, 6.07) is 14.1. The predicted molar refractivity (Wildman–Crippen MR) is 154 cm³/mol. The van der Waals surface area contributed by atoms with Crippen LogP contribution in [0.2, 0.25) is 0 Å². The van der Waals surface area contributed by atoms with Gasteiger partial charge in [-0.05, 0) is 74.9 Å². The topological polar surface area (TPSA) is 69.8 Å². The lowest BCUT2D eigenvalue weighted by Gasteiger charge is -2.27. The van der Waals surface area contributed by atoms with Gasteiger partial charge in [0.15, 0.2) is 16.6 Å². The summed E-state index contributed by atoms with van der Waals surface area (Å²) >= 11 is 5.83. The lowest BCUT2D eigenvalue weighted by Crippen LogP contribution is -2.42. The Bertz CT molecular complexity index is 1270. The molecule has 0 unspecified atom stereocenters. The smallest absolute Gasteiger partial charge is 0.253 e. The number of rotatable bonds is 11. The molecule has 8 heteroatoms. The summed E-state index contributed by atoms with van der Waals surface area (Å²) in [6.07, 6.45) is 1.86. The standard InChI is InChI=1S/C29H38N4O3S/c1-4-32(5-2)13-8-12-30-29(37)33(14-11-22-10-7-6-9-21(22)3)20-24-17-23-18-26-27(36-16-15-35-26)19-25(23)31-28(24)34/h6-7,9-10,17-19H,4-5,8,11-16,20H2,1-3H3,(H,30,37)(H,31,34). The average Bonchev–Trinajstić information content (AvgIpc) is 2.91. The molecule has 0 amide bonds. The lowest BCUT2D eigenvalue weighted by atomic mass is 10.1. The number of aryl methyl sites for hydroxylation is 1. The Morgan fingerprint density at radius 3 is 2.49 bits per heavy atom. The van der Waals surface area contributed by atoms with E-state index in [4.69, 9.17) is 21.7 Å². The number of aromatic amines is 1. The number of nitrogens with one attached hydrogen (secondary N) is 2. The maximum absolute atomic E-state index is 13.1. The Labute approximate surface area is 224 Å². The summed E-state index contributed by atoms with van der Waals surface area (Å²) in [4.78, 5) is 20.6. The fraction of sp³-hybridized carbons (Fsp3) is 0.448. The number of nitrogens with zero attached hydrogens (tertiary/aromatic N) is 2. The van der Waals surface area contributed by atoms with Gasteiger partial charge in [0.2, 0.25) is 0 Å². The summed E-state index contributed by atoms with van der Waals surface area (Å²) in [6.45, 7) is 12.6. The van der Waals surface area contributed by atoms with Gasteiger partial charge in [-0.15, -0.1) is 0 Å². The van der Waals surface area contributed by atoms with Crippen LogP contribution in [-0.4, -0.2) is 65.8 Å². The maximum atomic E-state index is 13.1. The summed E-state index contributed by atoms with van der Waals surface area (Å²) < 4.78 is 11.4. The molecule has 3 aromatic rings. The fourth-order valence-electron chi connectivity index (χ4n) is 4.66. The molecule has 1 aliphatic rings. The van der Waals surface area contributed by atoms with Crippen molar-refractivity contribution in [3.63, 3.8) is 0 Å². The van der Waals surface area contributed by atoms with Gasteiger partial charge in [0.1, 0.15) is 13.2 Å². The van der Waals surface area contributed by atoms with E-state index in [1.165, 1.54) is 11.1 Å². The zero-order valence-corrected chi connectivity index (χ0v) is 23.0. The molecule has 2 N–H and O–H groups in total. The number of H-pyrrole nitrogens is 1. The number of thiocarbonyl (C=S) groups is 1. The van der Waals surface area contributed by atoms with Crippen LogP contribution in [0, 0.1) is 6.92 Å². The molecule has 0 spiro atoms. The molecule has 198 valence electrons. The van der Waals surface area contributed by atoms with Crippen molar-refractivity contribution in [3.8, 4) is 11.5 Å². The van der Waals surface area contributed by atoms with E-state index in [1.807, 2.05) is 18.2 Å². The zero-order valence-electron chi connectivity index (χ0n) is 22.1. The Morgan fingerprint density at radius 2 is 1.76 bits per heavy atom. The molecule has 2 heterocycles. The van der Waals surface area contributed by atoms with Crippen molar-refractivity contribution in [1.82, 2.24) is 20.1 Å². The molecule has 2 aromatic carbocycles. The molecule has 4 rings (SSSR count). The first kappa shape index (κ1) is 26.9. The van der Waals surface area contributed by atoms with Crippen molar-refractivity contribution < 1.29 is 9.47 Å². The van der Waals surface area contributed by atoms with Gasteiger partial charge in [0.05, 0.1) is 12.1 Å². The highest BCUT2D eigenvalue weighted by Crippen LogP contribution is 2.33. The SMILES string of the molecule is CCN(CC)CCCNC(=S)N(CCc1ccccc1C)Cc1cc2cc3c(cc2[nH]c1=O)OCCO3. The molecule has 1 aliphatic heterocycles. The number of pyridine rings is 1. The molecule has 1 aromatic heterocycles. The van der Waals surface area contributed by atoms with E-state index >= 15 is 0 Å². The quantitative estimate of drug-likeness (QED) is 0.288. The van der Waals surface area contributed by atoms with Crippen LogP contribution in [0.15, 0.2) is 47.3 Å². The van der Waals surface area contributed by atoms with Gasteiger partial charge in [-0.2, -0.15) is 0 Å². The fourth-order valence-corrected chi connectivity index (χ4v) is 4.92. The summed E-state index contributed by atoms with van der Waals surface area (Å²) in [5.74, 6) is 1.37. The third-order valence-electron chi connectivity index (χ3n) is 6.97.